The average Bonchev–Trinajstić information content (AvgIpc) is 2.94. The summed E-state index contributed by atoms with van der Waals surface area (Å²) >= 11 is 0. The van der Waals surface area contributed by atoms with E-state index >= 15 is 0 Å². The molecule has 0 bridgehead atoms. The van der Waals surface area contributed by atoms with Crippen molar-refractivity contribution in [3.63, 3.8) is 0 Å². The maximum atomic E-state index is 12.1. The van der Waals surface area contributed by atoms with Crippen LogP contribution in [-0.4, -0.2) is 38.9 Å². The predicted octanol–water partition coefficient (Wildman–Crippen LogP) is 6.15. The van der Waals surface area contributed by atoms with Crippen LogP contribution >= 0.6 is 0 Å². The Balaban J connectivity index is 1.67. The first kappa shape index (κ1) is 29.8. The van der Waals surface area contributed by atoms with Gasteiger partial charge in [-0.25, -0.2) is 0 Å². The molecule has 5 aromatic rings. The highest BCUT2D eigenvalue weighted by Gasteiger charge is 2.19. The zero-order chi connectivity index (χ0) is 31.2. The quantitative estimate of drug-likeness (QED) is 0.0898. The minimum Gasteiger partial charge on any atom is -0.398 e. The molecule has 5 N–H and O–H groups in total. The molecule has 5 rings (SSSR count). The molecule has 0 radical (unpaired) electrons. The lowest BCUT2D eigenvalue weighted by Gasteiger charge is -2.09. The lowest BCUT2D eigenvalue weighted by atomic mass is 10.1. The molecular formula is C26H19N5O9S3. The van der Waals surface area contributed by atoms with Gasteiger partial charge in [0.15, 0.2) is 0 Å². The predicted molar refractivity (Wildman–Crippen MR) is 157 cm³/mol. The van der Waals surface area contributed by atoms with Gasteiger partial charge in [0, 0.05) is 27.2 Å². The van der Waals surface area contributed by atoms with E-state index in [1.54, 1.807) is 0 Å². The molecule has 0 amide bonds. The number of hydrogen-bond donors (Lipinski definition) is 4. The van der Waals surface area contributed by atoms with Crippen LogP contribution in [0.25, 0.3) is 21.5 Å². The number of fused-ring (bicyclic) bond motifs is 2. The molecule has 220 valence electrons. The Morgan fingerprint density at radius 3 is 1.77 bits per heavy atom. The molecular weight excluding hydrogens is 623 g/mol. The van der Waals surface area contributed by atoms with Crippen molar-refractivity contribution in [2.75, 3.05) is 5.73 Å². The van der Waals surface area contributed by atoms with Crippen LogP contribution in [0.5, 0.6) is 0 Å². The molecule has 0 saturated heterocycles. The average molecular weight is 642 g/mol. The van der Waals surface area contributed by atoms with E-state index in [0.717, 1.165) is 18.2 Å². The summed E-state index contributed by atoms with van der Waals surface area (Å²) in [4.78, 5) is -1.30. The van der Waals surface area contributed by atoms with Gasteiger partial charge in [-0.05, 0) is 60.7 Å². The third-order valence-electron chi connectivity index (χ3n) is 6.19. The van der Waals surface area contributed by atoms with Crippen LogP contribution < -0.4 is 5.73 Å². The van der Waals surface area contributed by atoms with Gasteiger partial charge in [-0.15, -0.1) is 15.3 Å². The number of rotatable bonds is 7. The normalized spacial score (nSPS) is 13.0. The summed E-state index contributed by atoms with van der Waals surface area (Å²) in [7, 11) is -13.8. The molecule has 43 heavy (non-hydrogen) atoms. The summed E-state index contributed by atoms with van der Waals surface area (Å²) in [6.45, 7) is 0. The number of nitrogens with two attached hydrogens (primary N) is 1. The SMILES string of the molecule is Nc1ccc(/N=N/c2ccc(/N=N/c3cccc(S(=O)(=O)O)c3)c3ccc(S(=O)(=O)O)cc23)c2c(S(=O)(=O)O)cccc12. The number of nitrogen functional groups attached to an aromatic ring is 1. The summed E-state index contributed by atoms with van der Waals surface area (Å²) in [5, 5.41) is 17.2. The largest absolute Gasteiger partial charge is 0.398 e. The van der Waals surface area contributed by atoms with Crippen LogP contribution in [0.15, 0.2) is 120 Å². The van der Waals surface area contributed by atoms with Crippen molar-refractivity contribution < 1.29 is 38.9 Å². The van der Waals surface area contributed by atoms with Crippen molar-refractivity contribution in [2.24, 2.45) is 20.5 Å². The second-order valence-electron chi connectivity index (χ2n) is 8.99. The highest BCUT2D eigenvalue weighted by molar-refractivity contribution is 7.86. The van der Waals surface area contributed by atoms with Gasteiger partial charge in [-0.3, -0.25) is 13.7 Å². The molecule has 5 aromatic carbocycles. The van der Waals surface area contributed by atoms with Crippen molar-refractivity contribution in [3.8, 4) is 0 Å². The zero-order valence-corrected chi connectivity index (χ0v) is 23.9. The van der Waals surface area contributed by atoms with Crippen LogP contribution in [0.2, 0.25) is 0 Å². The van der Waals surface area contributed by atoms with E-state index in [-0.39, 0.29) is 39.2 Å². The lowest BCUT2D eigenvalue weighted by molar-refractivity contribution is 0.481. The van der Waals surface area contributed by atoms with Crippen LogP contribution in [0.4, 0.5) is 28.4 Å². The number of anilines is 1. The van der Waals surface area contributed by atoms with E-state index in [9.17, 15) is 38.9 Å². The van der Waals surface area contributed by atoms with Gasteiger partial charge in [-0.2, -0.15) is 30.4 Å². The lowest BCUT2D eigenvalue weighted by Crippen LogP contribution is -2.00. The van der Waals surface area contributed by atoms with E-state index in [1.807, 2.05) is 0 Å². The van der Waals surface area contributed by atoms with Crippen molar-refractivity contribution in [1.82, 2.24) is 0 Å². The molecule has 0 aromatic heterocycles. The van der Waals surface area contributed by atoms with Gasteiger partial charge >= 0.3 is 0 Å². The Labute approximate surface area is 244 Å². The van der Waals surface area contributed by atoms with Crippen molar-refractivity contribution in [1.29, 1.82) is 0 Å². The fraction of sp³-hybridized carbons (Fsp3) is 0. The molecule has 0 fully saturated rings. The second kappa shape index (κ2) is 10.9. The summed E-state index contributed by atoms with van der Waals surface area (Å²) in [6, 6.07) is 18.5. The van der Waals surface area contributed by atoms with E-state index in [2.05, 4.69) is 20.5 Å². The third kappa shape index (κ3) is 6.26. The monoisotopic (exact) mass is 641 g/mol. The number of azo groups is 2. The minimum absolute atomic E-state index is 0.00854. The highest BCUT2D eigenvalue weighted by atomic mass is 32.2. The van der Waals surface area contributed by atoms with E-state index < -0.39 is 45.0 Å². The Hall–Kier alpha value is -4.65. The van der Waals surface area contributed by atoms with Crippen molar-refractivity contribution in [3.05, 3.63) is 84.9 Å². The van der Waals surface area contributed by atoms with Crippen LogP contribution in [0, 0.1) is 0 Å². The van der Waals surface area contributed by atoms with Crippen molar-refractivity contribution >= 4 is 80.3 Å². The molecule has 0 aliphatic carbocycles. The molecule has 0 atom stereocenters. The van der Waals surface area contributed by atoms with Crippen molar-refractivity contribution in [2.45, 2.75) is 14.7 Å². The standard InChI is InChI=1S/C26H19N5O9S3/c27-21-9-10-24(26-19(21)5-2-6-25(26)43(38,39)40)31-30-23-12-11-22(18-8-7-17(14-20(18)23)42(35,36)37)29-28-15-3-1-4-16(13-15)41(32,33)34/h1-14H,27H2,(H,32,33,34)(H,35,36,37)(H,38,39,40)/b29-28+,31-30+. The first-order chi connectivity index (χ1) is 20.1. The van der Waals surface area contributed by atoms with Gasteiger partial charge in [-0.1, -0.05) is 24.3 Å². The Morgan fingerprint density at radius 1 is 0.512 bits per heavy atom. The maximum absolute atomic E-state index is 12.1. The smallest absolute Gasteiger partial charge is 0.295 e. The van der Waals surface area contributed by atoms with Gasteiger partial charge in [0.25, 0.3) is 30.4 Å². The summed E-state index contributed by atoms with van der Waals surface area (Å²) in [6.07, 6.45) is 0. The van der Waals surface area contributed by atoms with Crippen LogP contribution in [0.3, 0.4) is 0 Å². The summed E-state index contributed by atoms with van der Waals surface area (Å²) in [5.74, 6) is 0. The molecule has 0 aliphatic heterocycles. The van der Waals surface area contributed by atoms with E-state index in [1.165, 1.54) is 66.7 Å². The minimum atomic E-state index is -4.68. The van der Waals surface area contributed by atoms with Gasteiger partial charge < -0.3 is 5.73 Å². The number of hydrogen-bond acceptors (Lipinski definition) is 11. The molecule has 0 spiro atoms. The van der Waals surface area contributed by atoms with Crippen LogP contribution in [0.1, 0.15) is 0 Å². The molecule has 14 nitrogen and oxygen atoms in total. The van der Waals surface area contributed by atoms with Gasteiger partial charge in [0.2, 0.25) is 0 Å². The van der Waals surface area contributed by atoms with Crippen LogP contribution in [-0.2, 0) is 30.4 Å². The molecule has 0 aliphatic rings. The first-order valence-corrected chi connectivity index (χ1v) is 16.2. The maximum Gasteiger partial charge on any atom is 0.295 e. The molecule has 0 unspecified atom stereocenters. The Bertz CT molecular complexity index is 2340. The molecule has 0 saturated carbocycles. The fourth-order valence-corrected chi connectivity index (χ4v) is 5.98. The zero-order valence-electron chi connectivity index (χ0n) is 21.5. The van der Waals surface area contributed by atoms with Gasteiger partial charge in [0.1, 0.15) is 4.90 Å². The summed E-state index contributed by atoms with van der Waals surface area (Å²) < 4.78 is 99.5. The Kier molecular flexibility index (Phi) is 7.55. The third-order valence-corrected chi connectivity index (χ3v) is 8.78. The van der Waals surface area contributed by atoms with E-state index in [0.29, 0.717) is 10.8 Å². The molecule has 17 heteroatoms. The highest BCUT2D eigenvalue weighted by Crippen LogP contribution is 2.39. The summed E-state index contributed by atoms with van der Waals surface area (Å²) in [5.41, 5.74) is 6.62. The van der Waals surface area contributed by atoms with E-state index in [4.69, 9.17) is 5.73 Å². The number of nitrogens with zero attached hydrogens (tertiary/aromatic N) is 4. The fourth-order valence-electron chi connectivity index (χ4n) is 4.23. The van der Waals surface area contributed by atoms with Gasteiger partial charge in [0.05, 0.1) is 32.5 Å². The molecule has 0 heterocycles. The first-order valence-electron chi connectivity index (χ1n) is 11.9. The Morgan fingerprint density at radius 2 is 1.09 bits per heavy atom. The second-order valence-corrected chi connectivity index (χ2v) is 13.2. The number of benzene rings is 5. The topological polar surface area (TPSA) is 239 Å².